The van der Waals surface area contributed by atoms with Gasteiger partial charge in [-0.05, 0) is 17.7 Å². The first-order chi connectivity index (χ1) is 11.6. The van der Waals surface area contributed by atoms with E-state index in [1.54, 1.807) is 6.20 Å². The van der Waals surface area contributed by atoms with E-state index in [1.807, 2.05) is 24.3 Å². The molecule has 0 saturated carbocycles. The van der Waals surface area contributed by atoms with E-state index in [0.29, 0.717) is 0 Å². The molecular formula is C17H14ClN3O3. The average Bonchev–Trinajstić information content (AvgIpc) is 2.97. The number of pyridine rings is 1. The number of aliphatic carboxylic acids is 1. The summed E-state index contributed by atoms with van der Waals surface area (Å²) in [5.74, 6) is -1.69. The van der Waals surface area contributed by atoms with Gasteiger partial charge >= 0.3 is 5.97 Å². The fourth-order valence-electron chi connectivity index (χ4n) is 2.50. The van der Waals surface area contributed by atoms with Gasteiger partial charge in [-0.15, -0.1) is 0 Å². The molecular weight excluding hydrogens is 330 g/mol. The van der Waals surface area contributed by atoms with E-state index in [-0.39, 0.29) is 17.0 Å². The van der Waals surface area contributed by atoms with Crippen molar-refractivity contribution in [2.45, 2.75) is 12.5 Å². The van der Waals surface area contributed by atoms with Crippen molar-refractivity contribution in [3.05, 3.63) is 65.1 Å². The van der Waals surface area contributed by atoms with E-state index in [2.05, 4.69) is 15.3 Å². The third-order valence-corrected chi connectivity index (χ3v) is 4.04. The van der Waals surface area contributed by atoms with Crippen LogP contribution in [0.3, 0.4) is 0 Å². The fourth-order valence-corrected chi connectivity index (χ4v) is 2.69. The van der Waals surface area contributed by atoms with E-state index < -0.39 is 17.9 Å². The summed E-state index contributed by atoms with van der Waals surface area (Å²) < 4.78 is 0. The van der Waals surface area contributed by atoms with Crippen LogP contribution in [-0.2, 0) is 11.2 Å². The van der Waals surface area contributed by atoms with Crippen LogP contribution < -0.4 is 5.32 Å². The van der Waals surface area contributed by atoms with E-state index in [4.69, 9.17) is 11.6 Å². The average molecular weight is 344 g/mol. The van der Waals surface area contributed by atoms with E-state index in [1.165, 1.54) is 18.5 Å². The summed E-state index contributed by atoms with van der Waals surface area (Å²) in [5.41, 5.74) is 1.87. The summed E-state index contributed by atoms with van der Waals surface area (Å²) in [6, 6.07) is 7.98. The summed E-state index contributed by atoms with van der Waals surface area (Å²) in [7, 11) is 0. The Morgan fingerprint density at radius 2 is 2.08 bits per heavy atom. The number of carboxylic acid groups (broad SMARTS) is 1. The molecule has 7 heteroatoms. The maximum Gasteiger partial charge on any atom is 0.326 e. The Hall–Kier alpha value is -2.86. The highest BCUT2D eigenvalue weighted by Gasteiger charge is 2.23. The Morgan fingerprint density at radius 1 is 1.29 bits per heavy atom. The number of aromatic nitrogens is 2. The minimum atomic E-state index is -1.12. The van der Waals surface area contributed by atoms with Gasteiger partial charge in [-0.1, -0.05) is 29.8 Å². The third-order valence-electron chi connectivity index (χ3n) is 3.71. The molecule has 2 heterocycles. The SMILES string of the molecule is O=C(N[C@@H](Cc1c[nH]c2ccccc12)C(=O)O)c1cnccc1Cl. The van der Waals surface area contributed by atoms with Gasteiger partial charge in [-0.3, -0.25) is 9.78 Å². The lowest BCUT2D eigenvalue weighted by molar-refractivity contribution is -0.139. The molecule has 122 valence electrons. The largest absolute Gasteiger partial charge is 0.480 e. The lowest BCUT2D eigenvalue weighted by Crippen LogP contribution is -2.42. The zero-order chi connectivity index (χ0) is 17.1. The minimum Gasteiger partial charge on any atom is -0.480 e. The molecule has 0 fully saturated rings. The molecule has 1 amide bonds. The van der Waals surface area contributed by atoms with Crippen molar-refractivity contribution in [1.82, 2.24) is 15.3 Å². The van der Waals surface area contributed by atoms with Gasteiger partial charge in [-0.2, -0.15) is 0 Å². The Bertz CT molecular complexity index is 907. The molecule has 2 aromatic heterocycles. The highest BCUT2D eigenvalue weighted by molar-refractivity contribution is 6.33. The van der Waals surface area contributed by atoms with Crippen molar-refractivity contribution >= 4 is 34.4 Å². The first-order valence-corrected chi connectivity index (χ1v) is 7.62. The van der Waals surface area contributed by atoms with Gasteiger partial charge in [0.2, 0.25) is 0 Å². The number of hydrogen-bond donors (Lipinski definition) is 3. The van der Waals surface area contributed by atoms with Gasteiger partial charge in [0.05, 0.1) is 10.6 Å². The van der Waals surface area contributed by atoms with Gasteiger partial charge < -0.3 is 15.4 Å². The number of nitrogens with one attached hydrogen (secondary N) is 2. The molecule has 3 aromatic rings. The Morgan fingerprint density at radius 3 is 2.83 bits per heavy atom. The maximum atomic E-state index is 12.3. The van der Waals surface area contributed by atoms with Crippen LogP contribution in [0.25, 0.3) is 10.9 Å². The number of carbonyl (C=O) groups is 2. The van der Waals surface area contributed by atoms with Gasteiger partial charge in [0.25, 0.3) is 5.91 Å². The number of aromatic amines is 1. The lowest BCUT2D eigenvalue weighted by atomic mass is 10.0. The molecule has 0 spiro atoms. The topological polar surface area (TPSA) is 95.1 Å². The smallest absolute Gasteiger partial charge is 0.326 e. The summed E-state index contributed by atoms with van der Waals surface area (Å²) in [6.07, 6.45) is 4.68. The molecule has 6 nitrogen and oxygen atoms in total. The summed E-state index contributed by atoms with van der Waals surface area (Å²) in [4.78, 5) is 30.7. The van der Waals surface area contributed by atoms with Crippen molar-refractivity contribution in [3.63, 3.8) is 0 Å². The van der Waals surface area contributed by atoms with Gasteiger partial charge in [0.15, 0.2) is 0 Å². The zero-order valence-corrected chi connectivity index (χ0v) is 13.2. The second kappa shape index (κ2) is 6.72. The molecule has 1 aromatic carbocycles. The van der Waals surface area contributed by atoms with Crippen molar-refractivity contribution in [2.75, 3.05) is 0 Å². The van der Waals surface area contributed by atoms with Gasteiger partial charge in [0, 0.05) is 35.9 Å². The monoisotopic (exact) mass is 343 g/mol. The molecule has 0 radical (unpaired) electrons. The molecule has 24 heavy (non-hydrogen) atoms. The van der Waals surface area contributed by atoms with Gasteiger partial charge in [0.1, 0.15) is 6.04 Å². The fraction of sp³-hybridized carbons (Fsp3) is 0.118. The third kappa shape index (κ3) is 3.23. The van der Waals surface area contributed by atoms with Crippen LogP contribution in [0.1, 0.15) is 15.9 Å². The Balaban J connectivity index is 1.82. The summed E-state index contributed by atoms with van der Waals surface area (Å²) in [6.45, 7) is 0. The zero-order valence-electron chi connectivity index (χ0n) is 12.5. The quantitative estimate of drug-likeness (QED) is 0.663. The van der Waals surface area contributed by atoms with Crippen LogP contribution in [0.15, 0.2) is 48.9 Å². The number of carbonyl (C=O) groups excluding carboxylic acids is 1. The number of rotatable bonds is 5. The first kappa shape index (κ1) is 16.0. The number of carboxylic acids is 1. The predicted octanol–water partition coefficient (Wildman–Crippen LogP) is 2.64. The van der Waals surface area contributed by atoms with E-state index >= 15 is 0 Å². The Labute approximate surface area is 142 Å². The molecule has 0 aliphatic rings. The van der Waals surface area contributed by atoms with Crippen LogP contribution in [0, 0.1) is 0 Å². The van der Waals surface area contributed by atoms with Gasteiger partial charge in [-0.25, -0.2) is 4.79 Å². The van der Waals surface area contributed by atoms with E-state index in [0.717, 1.165) is 16.5 Å². The first-order valence-electron chi connectivity index (χ1n) is 7.24. The molecule has 1 atom stereocenters. The minimum absolute atomic E-state index is 0.143. The maximum absolute atomic E-state index is 12.3. The predicted molar refractivity (Wildman–Crippen MR) is 90.1 cm³/mol. The van der Waals surface area contributed by atoms with Crippen molar-refractivity contribution < 1.29 is 14.7 Å². The number of nitrogens with zero attached hydrogens (tertiary/aromatic N) is 1. The summed E-state index contributed by atoms with van der Waals surface area (Å²) >= 11 is 5.95. The van der Waals surface area contributed by atoms with Crippen molar-refractivity contribution in [1.29, 1.82) is 0 Å². The van der Waals surface area contributed by atoms with Crippen LogP contribution in [0.5, 0.6) is 0 Å². The number of benzene rings is 1. The number of fused-ring (bicyclic) bond motifs is 1. The molecule has 3 N–H and O–H groups in total. The number of halogens is 1. The lowest BCUT2D eigenvalue weighted by Gasteiger charge is -2.14. The van der Waals surface area contributed by atoms with E-state index in [9.17, 15) is 14.7 Å². The Kier molecular flexibility index (Phi) is 4.48. The summed E-state index contributed by atoms with van der Waals surface area (Å²) in [5, 5.41) is 13.1. The second-order valence-electron chi connectivity index (χ2n) is 5.28. The van der Waals surface area contributed by atoms with Crippen LogP contribution >= 0.6 is 11.6 Å². The highest BCUT2D eigenvalue weighted by Crippen LogP contribution is 2.20. The van der Waals surface area contributed by atoms with Crippen molar-refractivity contribution in [2.24, 2.45) is 0 Å². The van der Waals surface area contributed by atoms with Crippen LogP contribution in [0.2, 0.25) is 5.02 Å². The number of H-pyrrole nitrogens is 1. The molecule has 0 aliphatic carbocycles. The second-order valence-corrected chi connectivity index (χ2v) is 5.69. The molecule has 0 bridgehead atoms. The number of amides is 1. The normalized spacial score (nSPS) is 12.0. The highest BCUT2D eigenvalue weighted by atomic mass is 35.5. The number of para-hydroxylation sites is 1. The van der Waals surface area contributed by atoms with Crippen LogP contribution in [0.4, 0.5) is 0 Å². The van der Waals surface area contributed by atoms with Crippen molar-refractivity contribution in [3.8, 4) is 0 Å². The number of hydrogen-bond acceptors (Lipinski definition) is 3. The standard InChI is InChI=1S/C17H14ClN3O3/c18-13-5-6-19-9-12(13)16(22)21-15(17(23)24)7-10-8-20-14-4-2-1-3-11(10)14/h1-6,8-9,15,20H,7H2,(H,21,22)(H,23,24)/t15-/m0/s1. The molecule has 0 unspecified atom stereocenters. The molecule has 0 aliphatic heterocycles. The molecule has 3 rings (SSSR count). The van der Waals surface area contributed by atoms with Crippen LogP contribution in [-0.4, -0.2) is 33.0 Å². The molecule has 0 saturated heterocycles.